The van der Waals surface area contributed by atoms with E-state index in [2.05, 4.69) is 17.2 Å². The van der Waals surface area contributed by atoms with Crippen molar-refractivity contribution in [1.29, 1.82) is 0 Å². The van der Waals surface area contributed by atoms with E-state index in [-0.39, 0.29) is 5.56 Å². The largest absolute Gasteiger partial charge is 0.478 e. The molecule has 1 aliphatic rings. The number of nitrogens with one attached hydrogen (secondary N) is 1. The molecule has 1 saturated carbocycles. The summed E-state index contributed by atoms with van der Waals surface area (Å²) >= 11 is 0. The monoisotopic (exact) mass is 276 g/mol. The summed E-state index contributed by atoms with van der Waals surface area (Å²) in [6, 6.07) is 3.36. The highest BCUT2D eigenvalue weighted by Crippen LogP contribution is 2.30. The Morgan fingerprint density at radius 2 is 1.95 bits per heavy atom. The first-order valence-electron chi connectivity index (χ1n) is 7.55. The summed E-state index contributed by atoms with van der Waals surface area (Å²) in [5.74, 6) is 1.12. The van der Waals surface area contributed by atoms with Crippen molar-refractivity contribution in [2.24, 2.45) is 11.8 Å². The van der Waals surface area contributed by atoms with Crippen molar-refractivity contribution < 1.29 is 9.90 Å². The van der Waals surface area contributed by atoms with Crippen LogP contribution in [0.5, 0.6) is 0 Å². The Morgan fingerprint density at radius 1 is 1.30 bits per heavy atom. The number of aromatic nitrogens is 1. The SMILES string of the molecule is CCC1CCC(CNc2nc(C)ccc2C(=O)O)CC1. The molecule has 20 heavy (non-hydrogen) atoms. The van der Waals surface area contributed by atoms with Crippen molar-refractivity contribution in [2.75, 3.05) is 11.9 Å². The number of hydrogen-bond donors (Lipinski definition) is 2. The molecule has 0 radical (unpaired) electrons. The minimum Gasteiger partial charge on any atom is -0.478 e. The van der Waals surface area contributed by atoms with Crippen LogP contribution in [-0.4, -0.2) is 22.6 Å². The average Bonchev–Trinajstić information content (AvgIpc) is 2.45. The second-order valence-corrected chi connectivity index (χ2v) is 5.83. The molecular formula is C16H24N2O2. The Kier molecular flexibility index (Phi) is 4.99. The molecule has 2 N–H and O–H groups in total. The number of aryl methyl sites for hydroxylation is 1. The van der Waals surface area contributed by atoms with Gasteiger partial charge in [-0.2, -0.15) is 0 Å². The molecule has 0 saturated heterocycles. The lowest BCUT2D eigenvalue weighted by atomic mass is 9.81. The third kappa shape index (κ3) is 3.71. The van der Waals surface area contributed by atoms with Crippen molar-refractivity contribution in [1.82, 2.24) is 4.98 Å². The number of hydrogen-bond acceptors (Lipinski definition) is 3. The first-order chi connectivity index (χ1) is 9.60. The lowest BCUT2D eigenvalue weighted by Crippen LogP contribution is -2.22. The van der Waals surface area contributed by atoms with Crippen LogP contribution in [0.1, 0.15) is 55.1 Å². The first kappa shape index (κ1) is 14.8. The van der Waals surface area contributed by atoms with Crippen LogP contribution < -0.4 is 5.32 Å². The van der Waals surface area contributed by atoms with Crippen molar-refractivity contribution in [3.05, 3.63) is 23.4 Å². The zero-order valence-corrected chi connectivity index (χ0v) is 12.4. The molecule has 2 rings (SSSR count). The van der Waals surface area contributed by atoms with Crippen LogP contribution in [0, 0.1) is 18.8 Å². The number of carbonyl (C=O) groups is 1. The Balaban J connectivity index is 1.94. The molecule has 1 heterocycles. The predicted octanol–water partition coefficient (Wildman–Crippen LogP) is 3.72. The van der Waals surface area contributed by atoms with Crippen LogP contribution in [0.15, 0.2) is 12.1 Å². The van der Waals surface area contributed by atoms with Gasteiger partial charge in [0.2, 0.25) is 0 Å². The summed E-state index contributed by atoms with van der Waals surface area (Å²) in [6.07, 6.45) is 6.36. The van der Waals surface area contributed by atoms with Gasteiger partial charge in [0.15, 0.2) is 0 Å². The maximum Gasteiger partial charge on any atom is 0.339 e. The molecule has 1 fully saturated rings. The number of carboxylic acid groups (broad SMARTS) is 1. The summed E-state index contributed by atoms with van der Waals surface area (Å²) < 4.78 is 0. The van der Waals surface area contributed by atoms with Crippen molar-refractivity contribution in [3.63, 3.8) is 0 Å². The van der Waals surface area contributed by atoms with Gasteiger partial charge < -0.3 is 10.4 Å². The van der Waals surface area contributed by atoms with Crippen LogP contribution in [-0.2, 0) is 0 Å². The molecule has 1 aromatic rings. The lowest BCUT2D eigenvalue weighted by Gasteiger charge is -2.28. The summed E-state index contributed by atoms with van der Waals surface area (Å²) in [6.45, 7) is 4.97. The van der Waals surface area contributed by atoms with E-state index in [4.69, 9.17) is 0 Å². The summed E-state index contributed by atoms with van der Waals surface area (Å²) in [7, 11) is 0. The van der Waals surface area contributed by atoms with Crippen LogP contribution in [0.4, 0.5) is 5.82 Å². The van der Waals surface area contributed by atoms with Gasteiger partial charge in [-0.15, -0.1) is 0 Å². The number of aromatic carboxylic acids is 1. The zero-order valence-electron chi connectivity index (χ0n) is 12.4. The number of nitrogens with zero attached hydrogens (tertiary/aromatic N) is 1. The van der Waals surface area contributed by atoms with Crippen molar-refractivity contribution in [3.8, 4) is 0 Å². The van der Waals surface area contributed by atoms with Crippen LogP contribution in [0.25, 0.3) is 0 Å². The van der Waals surface area contributed by atoms with Gasteiger partial charge in [-0.05, 0) is 43.7 Å². The molecule has 0 bridgehead atoms. The minimum absolute atomic E-state index is 0.262. The van der Waals surface area contributed by atoms with E-state index in [1.807, 2.05) is 6.92 Å². The fourth-order valence-electron chi connectivity index (χ4n) is 2.95. The molecular weight excluding hydrogens is 252 g/mol. The number of pyridine rings is 1. The van der Waals surface area contributed by atoms with Gasteiger partial charge in [-0.25, -0.2) is 9.78 Å². The maximum absolute atomic E-state index is 11.2. The molecule has 110 valence electrons. The van der Waals surface area contributed by atoms with Crippen molar-refractivity contribution >= 4 is 11.8 Å². The molecule has 0 aliphatic heterocycles. The fourth-order valence-corrected chi connectivity index (χ4v) is 2.95. The normalized spacial score (nSPS) is 22.5. The van der Waals surface area contributed by atoms with E-state index in [1.54, 1.807) is 12.1 Å². The van der Waals surface area contributed by atoms with Gasteiger partial charge in [-0.3, -0.25) is 0 Å². The third-order valence-electron chi connectivity index (χ3n) is 4.37. The average molecular weight is 276 g/mol. The second-order valence-electron chi connectivity index (χ2n) is 5.83. The molecule has 0 atom stereocenters. The Hall–Kier alpha value is -1.58. The number of rotatable bonds is 5. The van der Waals surface area contributed by atoms with E-state index in [0.717, 1.165) is 18.2 Å². The standard InChI is InChI=1S/C16H24N2O2/c1-3-12-5-7-13(8-6-12)10-17-15-14(16(19)20)9-4-11(2)18-15/h4,9,12-13H,3,5-8,10H2,1-2H3,(H,17,18)(H,19,20). The van der Waals surface area contributed by atoms with E-state index in [0.29, 0.717) is 11.7 Å². The van der Waals surface area contributed by atoms with Gasteiger partial charge in [-0.1, -0.05) is 26.2 Å². The number of anilines is 1. The summed E-state index contributed by atoms with van der Waals surface area (Å²) in [4.78, 5) is 15.5. The minimum atomic E-state index is -0.922. The summed E-state index contributed by atoms with van der Waals surface area (Å²) in [5, 5.41) is 12.4. The molecule has 0 spiro atoms. The predicted molar refractivity (Wildman–Crippen MR) is 80.2 cm³/mol. The first-order valence-corrected chi connectivity index (χ1v) is 7.55. The quantitative estimate of drug-likeness (QED) is 0.860. The lowest BCUT2D eigenvalue weighted by molar-refractivity contribution is 0.0697. The topological polar surface area (TPSA) is 62.2 Å². The molecule has 1 aliphatic carbocycles. The molecule has 0 amide bonds. The van der Waals surface area contributed by atoms with Crippen LogP contribution >= 0.6 is 0 Å². The smallest absolute Gasteiger partial charge is 0.339 e. The number of carboxylic acids is 1. The van der Waals surface area contributed by atoms with Crippen LogP contribution in [0.3, 0.4) is 0 Å². The van der Waals surface area contributed by atoms with E-state index >= 15 is 0 Å². The molecule has 4 nitrogen and oxygen atoms in total. The highest BCUT2D eigenvalue weighted by molar-refractivity contribution is 5.93. The van der Waals surface area contributed by atoms with Gasteiger partial charge in [0, 0.05) is 12.2 Å². The van der Waals surface area contributed by atoms with Gasteiger partial charge >= 0.3 is 5.97 Å². The van der Waals surface area contributed by atoms with Crippen LogP contribution in [0.2, 0.25) is 0 Å². The molecule has 0 aromatic carbocycles. The second kappa shape index (κ2) is 6.73. The van der Waals surface area contributed by atoms with E-state index < -0.39 is 5.97 Å². The summed E-state index contributed by atoms with van der Waals surface area (Å²) in [5.41, 5.74) is 1.10. The van der Waals surface area contributed by atoms with Crippen molar-refractivity contribution in [2.45, 2.75) is 46.0 Å². The van der Waals surface area contributed by atoms with Gasteiger partial charge in [0.25, 0.3) is 0 Å². The van der Waals surface area contributed by atoms with Gasteiger partial charge in [0.1, 0.15) is 11.4 Å². The zero-order chi connectivity index (χ0) is 14.5. The Labute approximate surface area is 120 Å². The molecule has 4 heteroatoms. The van der Waals surface area contributed by atoms with E-state index in [1.165, 1.54) is 32.1 Å². The highest BCUT2D eigenvalue weighted by atomic mass is 16.4. The molecule has 1 aromatic heterocycles. The highest BCUT2D eigenvalue weighted by Gasteiger charge is 2.20. The fraction of sp³-hybridized carbons (Fsp3) is 0.625. The third-order valence-corrected chi connectivity index (χ3v) is 4.37. The maximum atomic E-state index is 11.2. The Bertz CT molecular complexity index is 466. The van der Waals surface area contributed by atoms with Gasteiger partial charge in [0.05, 0.1) is 0 Å². The molecule has 0 unspecified atom stereocenters. The Morgan fingerprint density at radius 3 is 2.55 bits per heavy atom. The van der Waals surface area contributed by atoms with E-state index in [9.17, 15) is 9.90 Å².